The number of carboxylic acids is 1. The molecular weight excluding hydrogens is 272 g/mol. The molecule has 0 bridgehead atoms. The molecule has 0 saturated carbocycles. The maximum Gasteiger partial charge on any atom is 0.303 e. The summed E-state index contributed by atoms with van der Waals surface area (Å²) in [7, 11) is 1.56. The molecule has 21 heavy (non-hydrogen) atoms. The molecule has 110 valence electrons. The van der Waals surface area contributed by atoms with Gasteiger partial charge in [0, 0.05) is 17.5 Å². The lowest BCUT2D eigenvalue weighted by atomic mass is 10.0. The highest BCUT2D eigenvalue weighted by Crippen LogP contribution is 2.29. The Labute approximate surface area is 121 Å². The van der Waals surface area contributed by atoms with Crippen LogP contribution in [0, 0.1) is 6.92 Å². The molecule has 6 heteroatoms. The number of benzene rings is 1. The van der Waals surface area contributed by atoms with Crippen LogP contribution in [-0.2, 0) is 11.2 Å². The Balaban J connectivity index is 2.45. The molecule has 0 aliphatic heterocycles. The lowest BCUT2D eigenvalue weighted by molar-refractivity contribution is -0.136. The molecule has 2 N–H and O–H groups in total. The molecule has 1 aromatic heterocycles. The summed E-state index contributed by atoms with van der Waals surface area (Å²) < 4.78 is 5.30. The standard InChI is InChI=1S/C15H16N2O4/c1-9-3-5-13(21-2)11(7-9)12-8-10(4-6-14(18)19)15(20)17-16-12/h3,5,7-8H,4,6H2,1-2H3,(H,17,20)(H,18,19). The fourth-order valence-electron chi connectivity index (χ4n) is 2.03. The number of nitrogens with one attached hydrogen (secondary N) is 1. The zero-order valence-electron chi connectivity index (χ0n) is 11.8. The average molecular weight is 288 g/mol. The number of methoxy groups -OCH3 is 1. The molecule has 0 radical (unpaired) electrons. The summed E-state index contributed by atoms with van der Waals surface area (Å²) in [4.78, 5) is 22.3. The van der Waals surface area contributed by atoms with Crippen LogP contribution in [0.3, 0.4) is 0 Å². The van der Waals surface area contributed by atoms with Crippen molar-refractivity contribution < 1.29 is 14.6 Å². The number of carboxylic acid groups (broad SMARTS) is 1. The van der Waals surface area contributed by atoms with Crippen molar-refractivity contribution in [3.63, 3.8) is 0 Å². The monoisotopic (exact) mass is 288 g/mol. The minimum atomic E-state index is -0.944. The number of aliphatic carboxylic acids is 1. The van der Waals surface area contributed by atoms with E-state index in [1.165, 1.54) is 0 Å². The highest BCUT2D eigenvalue weighted by Gasteiger charge is 2.11. The number of hydrogen-bond acceptors (Lipinski definition) is 4. The van der Waals surface area contributed by atoms with Gasteiger partial charge in [0.1, 0.15) is 5.75 Å². The highest BCUT2D eigenvalue weighted by molar-refractivity contribution is 5.69. The third-order valence-corrected chi connectivity index (χ3v) is 3.12. The molecule has 0 aliphatic carbocycles. The Hall–Kier alpha value is -2.63. The van der Waals surface area contributed by atoms with Crippen molar-refractivity contribution in [3.8, 4) is 17.0 Å². The molecule has 2 aromatic rings. The average Bonchev–Trinajstić information content (AvgIpc) is 2.46. The largest absolute Gasteiger partial charge is 0.496 e. The third kappa shape index (κ3) is 3.47. The highest BCUT2D eigenvalue weighted by atomic mass is 16.5. The second-order valence-corrected chi connectivity index (χ2v) is 4.71. The van der Waals surface area contributed by atoms with Crippen LogP contribution >= 0.6 is 0 Å². The molecule has 1 aromatic carbocycles. The summed E-state index contributed by atoms with van der Waals surface area (Å²) in [5.41, 5.74) is 2.37. The van der Waals surface area contributed by atoms with E-state index in [0.29, 0.717) is 17.0 Å². The van der Waals surface area contributed by atoms with Gasteiger partial charge in [-0.15, -0.1) is 0 Å². The normalized spacial score (nSPS) is 10.4. The van der Waals surface area contributed by atoms with E-state index in [0.717, 1.165) is 11.1 Å². The van der Waals surface area contributed by atoms with Crippen LogP contribution < -0.4 is 10.3 Å². The minimum Gasteiger partial charge on any atom is -0.496 e. The molecular formula is C15H16N2O4. The van der Waals surface area contributed by atoms with Gasteiger partial charge in [0.05, 0.1) is 12.8 Å². The molecule has 6 nitrogen and oxygen atoms in total. The number of nitrogens with zero attached hydrogens (tertiary/aromatic N) is 1. The second kappa shape index (κ2) is 6.21. The smallest absolute Gasteiger partial charge is 0.303 e. The topological polar surface area (TPSA) is 92.3 Å². The Bertz CT molecular complexity index is 722. The number of ether oxygens (including phenoxy) is 1. The number of aryl methyl sites for hydroxylation is 2. The van der Waals surface area contributed by atoms with Gasteiger partial charge < -0.3 is 9.84 Å². The Morgan fingerprint density at radius 3 is 2.81 bits per heavy atom. The first-order valence-corrected chi connectivity index (χ1v) is 6.46. The number of hydrogen-bond donors (Lipinski definition) is 2. The first-order chi connectivity index (χ1) is 10.0. The fraction of sp³-hybridized carbons (Fsp3) is 0.267. The number of rotatable bonds is 5. The van der Waals surface area contributed by atoms with E-state index in [-0.39, 0.29) is 18.4 Å². The molecule has 0 spiro atoms. The van der Waals surface area contributed by atoms with Gasteiger partial charge in [0.25, 0.3) is 5.56 Å². The van der Waals surface area contributed by atoms with E-state index in [2.05, 4.69) is 10.2 Å². The van der Waals surface area contributed by atoms with Crippen LogP contribution in [0.25, 0.3) is 11.3 Å². The third-order valence-electron chi connectivity index (χ3n) is 3.12. The fourth-order valence-corrected chi connectivity index (χ4v) is 2.03. The summed E-state index contributed by atoms with van der Waals surface area (Å²) in [6, 6.07) is 7.26. The zero-order chi connectivity index (χ0) is 15.4. The van der Waals surface area contributed by atoms with Gasteiger partial charge in [0.15, 0.2) is 0 Å². The van der Waals surface area contributed by atoms with Crippen LogP contribution in [0.5, 0.6) is 5.75 Å². The number of H-pyrrole nitrogens is 1. The van der Waals surface area contributed by atoms with Crippen LogP contribution in [0.1, 0.15) is 17.5 Å². The van der Waals surface area contributed by atoms with Gasteiger partial charge in [-0.1, -0.05) is 11.6 Å². The summed E-state index contributed by atoms with van der Waals surface area (Å²) in [6.07, 6.45) is 0.0613. The summed E-state index contributed by atoms with van der Waals surface area (Å²) in [6.45, 7) is 1.94. The molecule has 0 fully saturated rings. The van der Waals surface area contributed by atoms with Crippen LogP contribution in [0.2, 0.25) is 0 Å². The number of aromatic nitrogens is 2. The number of aromatic amines is 1. The van der Waals surface area contributed by atoms with Gasteiger partial charge in [-0.3, -0.25) is 9.59 Å². The lowest BCUT2D eigenvalue weighted by Crippen LogP contribution is -2.15. The molecule has 0 saturated heterocycles. The van der Waals surface area contributed by atoms with Crippen LogP contribution in [-0.4, -0.2) is 28.4 Å². The quantitative estimate of drug-likeness (QED) is 0.874. The van der Waals surface area contributed by atoms with Gasteiger partial charge in [-0.25, -0.2) is 5.10 Å². The summed E-state index contributed by atoms with van der Waals surface area (Å²) in [5, 5.41) is 15.2. The molecule has 0 atom stereocenters. The lowest BCUT2D eigenvalue weighted by Gasteiger charge is -2.09. The van der Waals surface area contributed by atoms with Crippen LogP contribution in [0.4, 0.5) is 0 Å². The molecule has 2 rings (SSSR count). The zero-order valence-corrected chi connectivity index (χ0v) is 11.8. The first-order valence-electron chi connectivity index (χ1n) is 6.46. The van der Waals surface area contributed by atoms with Crippen molar-refractivity contribution in [1.29, 1.82) is 0 Å². The van der Waals surface area contributed by atoms with Crippen molar-refractivity contribution in [3.05, 3.63) is 45.7 Å². The van der Waals surface area contributed by atoms with E-state index in [1.54, 1.807) is 13.2 Å². The van der Waals surface area contributed by atoms with Crippen molar-refractivity contribution in [1.82, 2.24) is 10.2 Å². The summed E-state index contributed by atoms with van der Waals surface area (Å²) >= 11 is 0. The van der Waals surface area contributed by atoms with Crippen molar-refractivity contribution >= 4 is 5.97 Å². The Morgan fingerprint density at radius 2 is 2.14 bits per heavy atom. The van der Waals surface area contributed by atoms with E-state index in [1.807, 2.05) is 25.1 Å². The maximum atomic E-state index is 11.7. The van der Waals surface area contributed by atoms with E-state index in [4.69, 9.17) is 9.84 Å². The van der Waals surface area contributed by atoms with E-state index in [9.17, 15) is 9.59 Å². The predicted octanol–water partition coefficient (Wildman–Crippen LogP) is 1.77. The maximum absolute atomic E-state index is 11.7. The first kappa shape index (κ1) is 14.8. The van der Waals surface area contributed by atoms with Crippen molar-refractivity contribution in [2.75, 3.05) is 7.11 Å². The van der Waals surface area contributed by atoms with Gasteiger partial charge in [0.2, 0.25) is 0 Å². The van der Waals surface area contributed by atoms with Crippen molar-refractivity contribution in [2.24, 2.45) is 0 Å². The van der Waals surface area contributed by atoms with Crippen molar-refractivity contribution in [2.45, 2.75) is 19.8 Å². The molecule has 0 aliphatic rings. The second-order valence-electron chi connectivity index (χ2n) is 4.71. The predicted molar refractivity (Wildman–Crippen MR) is 77.5 cm³/mol. The molecule has 1 heterocycles. The SMILES string of the molecule is COc1ccc(C)cc1-c1cc(CCC(=O)O)c(=O)[nH]n1. The van der Waals surface area contributed by atoms with E-state index >= 15 is 0 Å². The Kier molecular flexibility index (Phi) is 4.37. The molecule has 0 unspecified atom stereocenters. The Morgan fingerprint density at radius 1 is 1.38 bits per heavy atom. The molecule has 0 amide bonds. The van der Waals surface area contributed by atoms with Crippen LogP contribution in [0.15, 0.2) is 29.1 Å². The summed E-state index contributed by atoms with van der Waals surface area (Å²) in [5.74, 6) is -0.301. The van der Waals surface area contributed by atoms with Gasteiger partial charge in [-0.05, 0) is 31.5 Å². The van der Waals surface area contributed by atoms with Gasteiger partial charge >= 0.3 is 5.97 Å². The number of carbonyl (C=O) groups is 1. The van der Waals surface area contributed by atoms with Gasteiger partial charge in [-0.2, -0.15) is 5.10 Å². The minimum absolute atomic E-state index is 0.0997. The van der Waals surface area contributed by atoms with E-state index < -0.39 is 5.97 Å².